The zero-order chi connectivity index (χ0) is 19.4. The van der Waals surface area contributed by atoms with Gasteiger partial charge in [0.05, 0.1) is 0 Å². The van der Waals surface area contributed by atoms with Crippen molar-refractivity contribution in [1.29, 1.82) is 0 Å². The van der Waals surface area contributed by atoms with Crippen molar-refractivity contribution in [3.63, 3.8) is 0 Å². The quantitative estimate of drug-likeness (QED) is 0.176. The molecule has 1 aliphatic rings. The lowest BCUT2D eigenvalue weighted by Crippen LogP contribution is -2.48. The Labute approximate surface area is 181 Å². The van der Waals surface area contributed by atoms with E-state index in [0.717, 1.165) is 50.9 Å². The molecule has 1 amide bonds. The van der Waals surface area contributed by atoms with Crippen LogP contribution in [0.15, 0.2) is 4.99 Å². The van der Waals surface area contributed by atoms with Gasteiger partial charge in [-0.1, -0.05) is 13.3 Å². The summed E-state index contributed by atoms with van der Waals surface area (Å²) in [5.41, 5.74) is -0.493. The average Bonchev–Trinajstić information content (AvgIpc) is 3.36. The van der Waals surface area contributed by atoms with Gasteiger partial charge in [-0.15, -0.1) is 24.0 Å². The standard InChI is InChI=1S/C19H38N4O3.HI/c1-6-8-16(23-18(24)26-19(2,3)4)13-22-17(20-5)21-11-7-12-25-14-15-9-10-15;/h15-16H,6-14H2,1-5H3,(H,23,24)(H2,20,21,22);1H. The number of carbonyl (C=O) groups excluding carboxylic acids is 1. The van der Waals surface area contributed by atoms with Crippen LogP contribution in [0.3, 0.4) is 0 Å². The lowest BCUT2D eigenvalue weighted by Gasteiger charge is -2.24. The van der Waals surface area contributed by atoms with Gasteiger partial charge in [0.2, 0.25) is 0 Å². The van der Waals surface area contributed by atoms with Gasteiger partial charge in [-0.2, -0.15) is 0 Å². The number of nitrogens with zero attached hydrogens (tertiary/aromatic N) is 1. The van der Waals surface area contributed by atoms with E-state index in [1.54, 1.807) is 7.05 Å². The van der Waals surface area contributed by atoms with E-state index < -0.39 is 5.60 Å². The van der Waals surface area contributed by atoms with Crippen LogP contribution < -0.4 is 16.0 Å². The Bertz CT molecular complexity index is 437. The van der Waals surface area contributed by atoms with Crippen LogP contribution in [-0.4, -0.2) is 57.0 Å². The van der Waals surface area contributed by atoms with E-state index in [1.807, 2.05) is 20.8 Å². The summed E-state index contributed by atoms with van der Waals surface area (Å²) in [5.74, 6) is 1.55. The molecule has 160 valence electrons. The maximum absolute atomic E-state index is 12.0. The molecule has 1 aliphatic carbocycles. The minimum Gasteiger partial charge on any atom is -0.444 e. The highest BCUT2D eigenvalue weighted by Gasteiger charge is 2.21. The topological polar surface area (TPSA) is 84.0 Å². The Morgan fingerprint density at radius 1 is 1.26 bits per heavy atom. The fraction of sp³-hybridized carbons (Fsp3) is 0.895. The van der Waals surface area contributed by atoms with Crippen molar-refractivity contribution in [1.82, 2.24) is 16.0 Å². The van der Waals surface area contributed by atoms with Crippen LogP contribution in [0.5, 0.6) is 0 Å². The van der Waals surface area contributed by atoms with Gasteiger partial charge in [-0.05, 0) is 52.4 Å². The fourth-order valence-corrected chi connectivity index (χ4v) is 2.40. The first kappa shape index (κ1) is 26.2. The highest BCUT2D eigenvalue weighted by atomic mass is 127. The number of guanidine groups is 1. The molecule has 27 heavy (non-hydrogen) atoms. The summed E-state index contributed by atoms with van der Waals surface area (Å²) >= 11 is 0. The molecular formula is C19H39IN4O3. The van der Waals surface area contributed by atoms with Crippen molar-refractivity contribution in [2.45, 2.75) is 71.4 Å². The molecule has 1 atom stereocenters. The number of aliphatic imine (C=N–C) groups is 1. The Hall–Kier alpha value is -0.770. The minimum absolute atomic E-state index is 0. The molecule has 1 fully saturated rings. The second kappa shape index (κ2) is 14.3. The van der Waals surface area contributed by atoms with Crippen molar-refractivity contribution in [3.05, 3.63) is 0 Å². The van der Waals surface area contributed by atoms with Gasteiger partial charge in [0.1, 0.15) is 5.60 Å². The highest BCUT2D eigenvalue weighted by molar-refractivity contribution is 14.0. The summed E-state index contributed by atoms with van der Waals surface area (Å²) in [4.78, 5) is 16.2. The number of hydrogen-bond acceptors (Lipinski definition) is 4. The molecule has 7 nitrogen and oxygen atoms in total. The predicted molar refractivity (Wildman–Crippen MR) is 121 cm³/mol. The van der Waals surface area contributed by atoms with Gasteiger partial charge in [0, 0.05) is 39.4 Å². The van der Waals surface area contributed by atoms with Crippen molar-refractivity contribution >= 4 is 36.0 Å². The summed E-state index contributed by atoms with van der Waals surface area (Å²) in [6, 6.07) is -0.00437. The first-order valence-corrected chi connectivity index (χ1v) is 9.85. The number of alkyl carbamates (subject to hydrolysis) is 1. The minimum atomic E-state index is -0.493. The number of halogens is 1. The Kier molecular flexibility index (Phi) is 13.9. The molecule has 0 aromatic rings. The molecule has 8 heteroatoms. The van der Waals surface area contributed by atoms with Crippen molar-refractivity contribution in [2.24, 2.45) is 10.9 Å². The van der Waals surface area contributed by atoms with Gasteiger partial charge >= 0.3 is 6.09 Å². The summed E-state index contributed by atoms with van der Waals surface area (Å²) in [6.45, 7) is 10.8. The Morgan fingerprint density at radius 2 is 1.96 bits per heavy atom. The molecule has 0 bridgehead atoms. The lowest BCUT2D eigenvalue weighted by atomic mass is 10.1. The zero-order valence-corrected chi connectivity index (χ0v) is 19.9. The first-order valence-electron chi connectivity index (χ1n) is 9.85. The molecule has 3 N–H and O–H groups in total. The number of nitrogens with one attached hydrogen (secondary N) is 3. The average molecular weight is 498 g/mol. The molecule has 0 aromatic heterocycles. The SMILES string of the molecule is CCCC(CNC(=NC)NCCCOCC1CC1)NC(=O)OC(C)(C)C.I. The van der Waals surface area contributed by atoms with Crippen LogP contribution in [0.4, 0.5) is 4.79 Å². The Balaban J connectivity index is 0.00000676. The van der Waals surface area contributed by atoms with Gasteiger partial charge < -0.3 is 25.4 Å². The molecular weight excluding hydrogens is 459 g/mol. The van der Waals surface area contributed by atoms with Crippen molar-refractivity contribution in [2.75, 3.05) is 33.4 Å². The number of ether oxygens (including phenoxy) is 2. The molecule has 0 saturated heterocycles. The number of hydrogen-bond donors (Lipinski definition) is 3. The zero-order valence-electron chi connectivity index (χ0n) is 17.6. The summed E-state index contributed by atoms with van der Waals surface area (Å²) in [5, 5.41) is 9.47. The third kappa shape index (κ3) is 14.9. The third-order valence-corrected chi connectivity index (χ3v) is 3.91. The molecule has 1 unspecified atom stereocenters. The normalized spacial score (nSPS) is 15.5. The van der Waals surface area contributed by atoms with Crippen molar-refractivity contribution in [3.8, 4) is 0 Å². The van der Waals surface area contributed by atoms with E-state index in [0.29, 0.717) is 6.54 Å². The second-order valence-corrected chi connectivity index (χ2v) is 7.88. The van der Waals surface area contributed by atoms with E-state index in [4.69, 9.17) is 9.47 Å². The molecule has 0 radical (unpaired) electrons. The maximum atomic E-state index is 12.0. The summed E-state index contributed by atoms with van der Waals surface area (Å²) in [6.07, 6.45) is 5.07. The van der Waals surface area contributed by atoms with E-state index in [1.165, 1.54) is 12.8 Å². The van der Waals surface area contributed by atoms with E-state index in [9.17, 15) is 4.79 Å². The summed E-state index contributed by atoms with van der Waals surface area (Å²) < 4.78 is 11.0. The predicted octanol–water partition coefficient (Wildman–Crippen LogP) is 3.28. The second-order valence-electron chi connectivity index (χ2n) is 7.88. The molecule has 0 heterocycles. The van der Waals surface area contributed by atoms with Gasteiger partial charge in [0.25, 0.3) is 0 Å². The molecule has 0 aliphatic heterocycles. The first-order chi connectivity index (χ1) is 12.3. The highest BCUT2D eigenvalue weighted by Crippen LogP contribution is 2.28. The number of amides is 1. The van der Waals surface area contributed by atoms with E-state index in [-0.39, 0.29) is 36.1 Å². The molecule has 0 aromatic carbocycles. The van der Waals surface area contributed by atoms with Crippen LogP contribution >= 0.6 is 24.0 Å². The largest absolute Gasteiger partial charge is 0.444 e. The molecule has 0 spiro atoms. The fourth-order valence-electron chi connectivity index (χ4n) is 2.40. The number of carbonyl (C=O) groups is 1. The van der Waals surface area contributed by atoms with Crippen LogP contribution in [0.1, 0.15) is 59.8 Å². The van der Waals surface area contributed by atoms with Gasteiger partial charge in [-0.25, -0.2) is 4.79 Å². The monoisotopic (exact) mass is 498 g/mol. The Morgan fingerprint density at radius 3 is 2.52 bits per heavy atom. The van der Waals surface area contributed by atoms with Gasteiger partial charge in [0.15, 0.2) is 5.96 Å². The molecule has 1 saturated carbocycles. The smallest absolute Gasteiger partial charge is 0.407 e. The van der Waals surface area contributed by atoms with E-state index >= 15 is 0 Å². The van der Waals surface area contributed by atoms with Crippen LogP contribution in [-0.2, 0) is 9.47 Å². The van der Waals surface area contributed by atoms with Crippen molar-refractivity contribution < 1.29 is 14.3 Å². The maximum Gasteiger partial charge on any atom is 0.407 e. The van der Waals surface area contributed by atoms with Gasteiger partial charge in [-0.3, -0.25) is 4.99 Å². The van der Waals surface area contributed by atoms with E-state index in [2.05, 4.69) is 27.9 Å². The van der Waals surface area contributed by atoms with Crippen LogP contribution in [0.25, 0.3) is 0 Å². The molecule has 1 rings (SSSR count). The van der Waals surface area contributed by atoms with Crippen LogP contribution in [0.2, 0.25) is 0 Å². The van der Waals surface area contributed by atoms with Crippen LogP contribution in [0, 0.1) is 5.92 Å². The summed E-state index contributed by atoms with van der Waals surface area (Å²) in [7, 11) is 1.75. The third-order valence-electron chi connectivity index (χ3n) is 3.91. The lowest BCUT2D eigenvalue weighted by molar-refractivity contribution is 0.0502. The number of rotatable bonds is 11.